The van der Waals surface area contributed by atoms with Crippen molar-refractivity contribution in [2.75, 3.05) is 0 Å². The van der Waals surface area contributed by atoms with E-state index in [9.17, 15) is 10.2 Å². The summed E-state index contributed by atoms with van der Waals surface area (Å²) < 4.78 is 3.50. The molecule has 0 amide bonds. The maximum atomic E-state index is 10.4. The molecule has 4 nitrogen and oxygen atoms in total. The number of hydrogen-bond donors (Lipinski definition) is 2. The number of aromatic hydroxyl groups is 2. The van der Waals surface area contributed by atoms with Gasteiger partial charge in [-0.15, -0.1) is 5.73 Å². The van der Waals surface area contributed by atoms with E-state index in [1.54, 1.807) is 21.3 Å². The first-order valence-electron chi connectivity index (χ1n) is 8.05. The summed E-state index contributed by atoms with van der Waals surface area (Å²) in [6.07, 6.45) is 3.50. The van der Waals surface area contributed by atoms with Crippen LogP contribution < -0.4 is 0 Å². The van der Waals surface area contributed by atoms with Crippen LogP contribution in [-0.4, -0.2) is 19.3 Å². The smallest absolute Gasteiger partial charge is 0.199 e. The number of hydrogen-bond acceptors (Lipinski definition) is 2. The van der Waals surface area contributed by atoms with Gasteiger partial charge in [0.25, 0.3) is 0 Å². The number of para-hydroxylation sites is 2. The van der Waals surface area contributed by atoms with Gasteiger partial charge in [0.2, 0.25) is 0 Å². The van der Waals surface area contributed by atoms with Crippen LogP contribution in [0.3, 0.4) is 0 Å². The molecule has 0 aliphatic carbocycles. The highest BCUT2D eigenvalue weighted by molar-refractivity contribution is 5.95. The molecule has 25 heavy (non-hydrogen) atoms. The minimum Gasteiger partial charge on any atom is -0.494 e. The van der Waals surface area contributed by atoms with Crippen molar-refractivity contribution in [2.45, 2.75) is 0 Å². The number of nitrogens with zero attached hydrogens (tertiary/aromatic N) is 2. The first-order valence-corrected chi connectivity index (χ1v) is 8.05. The van der Waals surface area contributed by atoms with Crippen molar-refractivity contribution in [2.24, 2.45) is 14.1 Å². The van der Waals surface area contributed by atoms with Gasteiger partial charge in [0.1, 0.15) is 0 Å². The van der Waals surface area contributed by atoms with Crippen molar-refractivity contribution in [3.63, 3.8) is 0 Å². The molecular weight excluding hydrogens is 312 g/mol. The maximum absolute atomic E-state index is 10.4. The molecule has 0 aliphatic heterocycles. The van der Waals surface area contributed by atoms with Crippen LogP contribution in [0.5, 0.6) is 11.8 Å². The zero-order valence-electron chi connectivity index (χ0n) is 14.1. The minimum atomic E-state index is 0.198. The monoisotopic (exact) mass is 330 g/mol. The standard InChI is InChI=1S/C21H18N2O2/c1-22-18-12-5-3-8-14(18)16(20(22)24)10-7-11-17-15-9-4-6-13-19(15)23(2)21(17)25/h3-6,8-13,24-25H,1-2H3. The van der Waals surface area contributed by atoms with Crippen LogP contribution >= 0.6 is 0 Å². The van der Waals surface area contributed by atoms with Crippen molar-refractivity contribution in [3.05, 3.63) is 65.4 Å². The van der Waals surface area contributed by atoms with Gasteiger partial charge in [-0.05, 0) is 24.3 Å². The van der Waals surface area contributed by atoms with Crippen LogP contribution in [0.2, 0.25) is 0 Å². The largest absolute Gasteiger partial charge is 0.494 e. The van der Waals surface area contributed by atoms with E-state index in [0.717, 1.165) is 21.8 Å². The fourth-order valence-electron chi connectivity index (χ4n) is 3.31. The summed E-state index contributed by atoms with van der Waals surface area (Å²) in [4.78, 5) is 0. The third kappa shape index (κ3) is 2.24. The average molecular weight is 330 g/mol. The van der Waals surface area contributed by atoms with Gasteiger partial charge in [-0.3, -0.25) is 0 Å². The van der Waals surface area contributed by atoms with Crippen LogP contribution in [0.25, 0.3) is 34.0 Å². The Morgan fingerprint density at radius 1 is 0.720 bits per heavy atom. The van der Waals surface area contributed by atoms with Gasteiger partial charge < -0.3 is 19.3 Å². The van der Waals surface area contributed by atoms with Crippen molar-refractivity contribution >= 4 is 34.0 Å². The number of aromatic nitrogens is 2. The molecular formula is C21H18N2O2. The van der Waals surface area contributed by atoms with Crippen LogP contribution in [0, 0.1) is 0 Å². The second-order valence-electron chi connectivity index (χ2n) is 6.08. The van der Waals surface area contributed by atoms with Crippen molar-refractivity contribution in [3.8, 4) is 11.8 Å². The van der Waals surface area contributed by atoms with Crippen LogP contribution in [-0.2, 0) is 14.1 Å². The summed E-state index contributed by atoms with van der Waals surface area (Å²) in [5.74, 6) is 0.397. The Balaban J connectivity index is 1.87. The lowest BCUT2D eigenvalue weighted by molar-refractivity contribution is 0.434. The summed E-state index contributed by atoms with van der Waals surface area (Å²) in [7, 11) is 3.66. The molecule has 2 N–H and O–H groups in total. The number of rotatable bonds is 2. The molecule has 2 aromatic carbocycles. The molecule has 124 valence electrons. The highest BCUT2D eigenvalue weighted by atomic mass is 16.3. The summed E-state index contributed by atoms with van der Waals surface area (Å²) >= 11 is 0. The first kappa shape index (κ1) is 15.2. The maximum Gasteiger partial charge on any atom is 0.199 e. The van der Waals surface area contributed by atoms with Gasteiger partial charge in [-0.25, -0.2) is 0 Å². The molecule has 2 heterocycles. The van der Waals surface area contributed by atoms with E-state index in [-0.39, 0.29) is 11.8 Å². The molecule has 4 heteroatoms. The average Bonchev–Trinajstić information content (AvgIpc) is 3.03. The van der Waals surface area contributed by atoms with Gasteiger partial charge in [0.05, 0.1) is 22.2 Å². The zero-order valence-corrected chi connectivity index (χ0v) is 14.1. The van der Waals surface area contributed by atoms with Crippen LogP contribution in [0.4, 0.5) is 0 Å². The lowest BCUT2D eigenvalue weighted by Gasteiger charge is -1.95. The Morgan fingerprint density at radius 3 is 1.56 bits per heavy atom. The van der Waals surface area contributed by atoms with E-state index in [0.29, 0.717) is 11.1 Å². The molecule has 4 aromatic rings. The lowest BCUT2D eigenvalue weighted by atomic mass is 10.1. The van der Waals surface area contributed by atoms with Crippen molar-refractivity contribution in [1.82, 2.24) is 9.13 Å². The predicted molar refractivity (Wildman–Crippen MR) is 102 cm³/mol. The Hall–Kier alpha value is -3.36. The predicted octanol–water partition coefficient (Wildman–Crippen LogP) is 4.41. The van der Waals surface area contributed by atoms with Gasteiger partial charge >= 0.3 is 0 Å². The SMILES string of the molecule is Cn1c(O)c(C=C=Cc2c(O)n(C)c3ccccc23)c2ccccc21. The van der Waals surface area contributed by atoms with E-state index in [2.05, 4.69) is 5.73 Å². The van der Waals surface area contributed by atoms with Gasteiger partial charge in [-0.1, -0.05) is 36.4 Å². The Morgan fingerprint density at radius 2 is 1.12 bits per heavy atom. The third-order valence-corrected chi connectivity index (χ3v) is 4.68. The number of fused-ring (bicyclic) bond motifs is 2. The second kappa shape index (κ2) is 5.62. The van der Waals surface area contributed by atoms with E-state index < -0.39 is 0 Å². The summed E-state index contributed by atoms with van der Waals surface area (Å²) in [6, 6.07) is 15.6. The van der Waals surface area contributed by atoms with Crippen LogP contribution in [0.15, 0.2) is 54.3 Å². The van der Waals surface area contributed by atoms with Crippen molar-refractivity contribution < 1.29 is 10.2 Å². The molecule has 0 unspecified atom stereocenters. The van der Waals surface area contributed by atoms with E-state index in [1.165, 1.54) is 0 Å². The molecule has 2 aromatic heterocycles. The van der Waals surface area contributed by atoms with E-state index >= 15 is 0 Å². The topological polar surface area (TPSA) is 50.3 Å². The van der Waals surface area contributed by atoms with Gasteiger partial charge in [0, 0.05) is 24.9 Å². The first-order chi connectivity index (χ1) is 12.1. The highest BCUT2D eigenvalue weighted by Gasteiger charge is 2.12. The Kier molecular flexibility index (Phi) is 3.41. The molecule has 0 spiro atoms. The van der Waals surface area contributed by atoms with Gasteiger partial charge in [0.15, 0.2) is 11.8 Å². The van der Waals surface area contributed by atoms with E-state index in [4.69, 9.17) is 0 Å². The van der Waals surface area contributed by atoms with Crippen molar-refractivity contribution in [1.29, 1.82) is 0 Å². The second-order valence-corrected chi connectivity index (χ2v) is 6.08. The highest BCUT2D eigenvalue weighted by Crippen LogP contribution is 2.33. The number of aryl methyl sites for hydroxylation is 2. The van der Waals surface area contributed by atoms with Gasteiger partial charge in [-0.2, -0.15) is 0 Å². The minimum absolute atomic E-state index is 0.198. The summed E-state index contributed by atoms with van der Waals surface area (Å²) in [5, 5.41) is 22.7. The zero-order chi connectivity index (χ0) is 17.6. The summed E-state index contributed by atoms with van der Waals surface area (Å²) in [5.41, 5.74) is 6.47. The fraction of sp³-hybridized carbons (Fsp3) is 0.0952. The van der Waals surface area contributed by atoms with Crippen LogP contribution in [0.1, 0.15) is 11.1 Å². The molecule has 0 saturated heterocycles. The molecule has 0 fully saturated rings. The molecule has 0 aliphatic rings. The normalized spacial score (nSPS) is 11.0. The quantitative estimate of drug-likeness (QED) is 0.535. The Bertz CT molecular complexity index is 1080. The fourth-order valence-corrected chi connectivity index (χ4v) is 3.31. The number of benzene rings is 2. The molecule has 0 radical (unpaired) electrons. The Labute approximate surface area is 145 Å². The molecule has 0 bridgehead atoms. The third-order valence-electron chi connectivity index (χ3n) is 4.68. The summed E-state index contributed by atoms with van der Waals surface area (Å²) in [6.45, 7) is 0. The molecule has 0 saturated carbocycles. The lowest BCUT2D eigenvalue weighted by Crippen LogP contribution is -1.84. The molecule has 0 atom stereocenters. The van der Waals surface area contributed by atoms with E-state index in [1.807, 2.05) is 62.6 Å². The molecule has 4 rings (SSSR count).